The molecular weight excluding hydrogens is 1460 g/mol. The van der Waals surface area contributed by atoms with Crippen LogP contribution < -0.4 is 0 Å². The molecule has 9 aromatic heterocycles. The fraction of sp³-hybridized carbons (Fsp3) is 0. The Morgan fingerprint density at radius 3 is 1.06 bits per heavy atom. The number of para-hydroxylation sites is 9. The summed E-state index contributed by atoms with van der Waals surface area (Å²) in [4.78, 5) is 0. The van der Waals surface area contributed by atoms with E-state index in [1.165, 1.54) is 16.3 Å². The zero-order valence-corrected chi connectivity index (χ0v) is 63.8. The second-order valence-electron chi connectivity index (χ2n) is 30.8. The Bertz CT molecular complexity index is 8810. The van der Waals surface area contributed by atoms with Crippen LogP contribution in [0.2, 0.25) is 0 Å². The second kappa shape index (κ2) is 26.2. The van der Waals surface area contributed by atoms with Crippen LogP contribution >= 0.6 is 0 Å². The third-order valence-corrected chi connectivity index (χ3v) is 24.2. The predicted octanol–water partition coefficient (Wildman–Crippen LogP) is 31.3. The number of hydrogen-bond donors (Lipinski definition) is 0. The van der Waals surface area contributed by atoms with Crippen molar-refractivity contribution >= 4 is 186 Å². The minimum Gasteiger partial charge on any atom is -0.456 e. The number of furan rings is 6. The van der Waals surface area contributed by atoms with Gasteiger partial charge in [-0.05, 0) is 172 Å². The molecule has 0 unspecified atom stereocenters. The Morgan fingerprint density at radius 2 is 0.504 bits per heavy atom. The molecule has 27 rings (SSSR count). The number of aromatic nitrogens is 3. The Balaban J connectivity index is 0.0000000992. The molecule has 0 aliphatic carbocycles. The van der Waals surface area contributed by atoms with Crippen LogP contribution in [0.4, 0.5) is 0 Å². The van der Waals surface area contributed by atoms with E-state index in [9.17, 15) is 0 Å². The zero-order chi connectivity index (χ0) is 77.9. The molecule has 556 valence electrons. The van der Waals surface area contributed by atoms with E-state index in [-0.39, 0.29) is 0 Å². The van der Waals surface area contributed by atoms with Crippen molar-refractivity contribution in [3.8, 4) is 61.6 Å². The maximum absolute atomic E-state index is 6.78. The van der Waals surface area contributed by atoms with E-state index in [1.807, 2.05) is 12.1 Å². The molecule has 0 atom stereocenters. The van der Waals surface area contributed by atoms with Crippen LogP contribution in [-0.4, -0.2) is 13.7 Å². The third-order valence-electron chi connectivity index (χ3n) is 24.2. The van der Waals surface area contributed by atoms with E-state index in [2.05, 4.69) is 396 Å². The van der Waals surface area contributed by atoms with Crippen molar-refractivity contribution in [2.45, 2.75) is 0 Å². The van der Waals surface area contributed by atoms with E-state index in [4.69, 9.17) is 26.5 Å². The first kappa shape index (κ1) is 66.3. The SMILES string of the molecule is c1ccc(-c2ccc3c(c2)oc2cc(-c4cccc5oc6c7ccccc7n(-c7ccccc7)c6c45)ccc23)cc1.c1ccc(-n2c3ccccc3c3oc4c(-c5cccc6c5oc5c7ccccc7ccc65)cccc4c32)cc1.c1ccc(-n2c3ccccc3c3oc4cc(-c5cccc6c5oc5c7ccccc7ccc65)ccc4c32)cc1. The lowest BCUT2D eigenvalue weighted by Crippen LogP contribution is -1.93. The number of rotatable bonds is 7. The molecule has 0 N–H and O–H groups in total. The van der Waals surface area contributed by atoms with E-state index < -0.39 is 0 Å². The van der Waals surface area contributed by atoms with Gasteiger partial charge in [-0.25, -0.2) is 0 Å². The lowest BCUT2D eigenvalue weighted by atomic mass is 9.99. The summed E-state index contributed by atoms with van der Waals surface area (Å²) in [6.07, 6.45) is 0. The second-order valence-corrected chi connectivity index (χ2v) is 30.8. The Morgan fingerprint density at radius 1 is 0.160 bits per heavy atom. The number of nitrogens with zero attached hydrogens (tertiary/aromatic N) is 3. The van der Waals surface area contributed by atoms with Crippen LogP contribution in [0.5, 0.6) is 0 Å². The highest BCUT2D eigenvalue weighted by Crippen LogP contribution is 2.49. The summed E-state index contributed by atoms with van der Waals surface area (Å²) in [6.45, 7) is 0. The average Bonchev–Trinajstić information content (AvgIpc) is 1.56. The van der Waals surface area contributed by atoms with E-state index in [0.717, 1.165) is 232 Å². The molecule has 0 spiro atoms. The molecule has 9 heteroatoms. The van der Waals surface area contributed by atoms with Gasteiger partial charge in [0.25, 0.3) is 0 Å². The quantitative estimate of drug-likeness (QED) is 0.158. The molecule has 27 aromatic rings. The smallest absolute Gasteiger partial charge is 0.161 e. The molecule has 0 amide bonds. The van der Waals surface area contributed by atoms with E-state index in [0.29, 0.717) is 0 Å². The molecule has 0 aliphatic rings. The summed E-state index contributed by atoms with van der Waals surface area (Å²) in [5.74, 6) is 0. The van der Waals surface area contributed by atoms with E-state index in [1.54, 1.807) is 0 Å². The van der Waals surface area contributed by atoms with Crippen LogP contribution in [0.15, 0.2) is 421 Å². The fourth-order valence-corrected chi connectivity index (χ4v) is 18.9. The number of benzene rings is 18. The minimum atomic E-state index is 0.867. The Hall–Kier alpha value is -16.1. The standard InChI is InChI=1S/C38H23NO2.2C36H21NO2/c1-3-10-24(11-4-1)25-18-20-29-30-21-19-26(23-35(30)40-34(29)22-25)28-15-9-17-33-36(28)37-38(41-33)31-14-7-8-16-32(31)39(37)27-12-5-2-6-13-27;1-2-11-23(12-3-1)37-31-19-7-6-14-29(31)36-32(37)30-18-9-17-26(35(30)39-36)25-15-8-16-27-28-21-20-22-10-4-5-13-24(22)33(28)38-34(25)27;1-2-10-24(11-3-1)37-31-16-7-6-13-29(31)36-33(37)30-20-18-23(21-32(30)38-36)26-14-8-15-27-28-19-17-22-9-4-5-12-25(22)34(28)39-35(26)27/h1-23H;2*1-21H. The van der Waals surface area contributed by atoms with Crippen LogP contribution in [0, 0.1) is 0 Å². The van der Waals surface area contributed by atoms with Crippen molar-refractivity contribution in [2.24, 2.45) is 0 Å². The van der Waals surface area contributed by atoms with Crippen LogP contribution in [0.1, 0.15) is 0 Å². The van der Waals surface area contributed by atoms with Gasteiger partial charge in [0.1, 0.15) is 66.8 Å². The molecule has 9 nitrogen and oxygen atoms in total. The highest BCUT2D eigenvalue weighted by molar-refractivity contribution is 6.25. The third kappa shape index (κ3) is 10.2. The summed E-state index contributed by atoms with van der Waals surface area (Å²) in [6, 6.07) is 138. The van der Waals surface area contributed by atoms with E-state index >= 15 is 0 Å². The average molecular weight is 1520 g/mol. The normalized spacial score (nSPS) is 12.0. The van der Waals surface area contributed by atoms with Gasteiger partial charge in [-0.15, -0.1) is 0 Å². The van der Waals surface area contributed by atoms with Crippen molar-refractivity contribution in [3.63, 3.8) is 0 Å². The first-order chi connectivity index (χ1) is 59.0. The Labute approximate surface area is 678 Å². The summed E-state index contributed by atoms with van der Waals surface area (Å²) < 4.78 is 46.7. The molecule has 9 heterocycles. The first-order valence-electron chi connectivity index (χ1n) is 40.3. The highest BCUT2D eigenvalue weighted by atomic mass is 16.4. The van der Waals surface area contributed by atoms with Crippen molar-refractivity contribution in [3.05, 3.63) is 394 Å². The van der Waals surface area contributed by atoms with Crippen LogP contribution in [0.25, 0.3) is 248 Å². The lowest BCUT2D eigenvalue weighted by molar-refractivity contribution is 0.668. The summed E-state index contributed by atoms with van der Waals surface area (Å²) in [7, 11) is 0. The number of hydrogen-bond acceptors (Lipinski definition) is 6. The molecule has 0 aliphatic heterocycles. The summed E-state index contributed by atoms with van der Waals surface area (Å²) in [5, 5.41) is 18.0. The van der Waals surface area contributed by atoms with Crippen LogP contribution in [0.3, 0.4) is 0 Å². The summed E-state index contributed by atoms with van der Waals surface area (Å²) in [5.41, 5.74) is 29.5. The molecule has 0 saturated heterocycles. The molecule has 0 bridgehead atoms. The van der Waals surface area contributed by atoms with Gasteiger partial charge < -0.3 is 40.2 Å². The molecule has 0 fully saturated rings. The molecule has 119 heavy (non-hydrogen) atoms. The predicted molar refractivity (Wildman–Crippen MR) is 490 cm³/mol. The van der Waals surface area contributed by atoms with Gasteiger partial charge in [0.2, 0.25) is 0 Å². The summed E-state index contributed by atoms with van der Waals surface area (Å²) >= 11 is 0. The van der Waals surface area contributed by atoms with Crippen molar-refractivity contribution < 1.29 is 26.5 Å². The Kier molecular flexibility index (Phi) is 14.6. The van der Waals surface area contributed by atoms with Gasteiger partial charge in [0.05, 0.1) is 21.9 Å². The maximum atomic E-state index is 6.78. The van der Waals surface area contributed by atoms with Crippen molar-refractivity contribution in [1.29, 1.82) is 0 Å². The zero-order valence-electron chi connectivity index (χ0n) is 63.8. The largest absolute Gasteiger partial charge is 0.456 e. The molecule has 0 saturated carbocycles. The van der Waals surface area contributed by atoms with Crippen molar-refractivity contribution in [1.82, 2.24) is 13.7 Å². The molecular formula is C110H65N3O6. The monoisotopic (exact) mass is 1520 g/mol. The fourth-order valence-electron chi connectivity index (χ4n) is 18.9. The lowest BCUT2D eigenvalue weighted by Gasteiger charge is -2.09. The van der Waals surface area contributed by atoms with Crippen LogP contribution in [-0.2, 0) is 0 Å². The molecule has 18 aromatic carbocycles. The number of fused-ring (bicyclic) bond motifs is 28. The first-order valence-corrected chi connectivity index (χ1v) is 40.3. The maximum Gasteiger partial charge on any atom is 0.161 e. The van der Waals surface area contributed by atoms with Gasteiger partial charge in [0, 0.05) is 104 Å². The highest BCUT2D eigenvalue weighted by Gasteiger charge is 2.27. The van der Waals surface area contributed by atoms with Gasteiger partial charge in [-0.3, -0.25) is 0 Å². The van der Waals surface area contributed by atoms with Gasteiger partial charge in [-0.2, -0.15) is 0 Å². The van der Waals surface area contributed by atoms with Gasteiger partial charge >= 0.3 is 0 Å². The van der Waals surface area contributed by atoms with Gasteiger partial charge in [0.15, 0.2) is 16.7 Å². The topological polar surface area (TPSA) is 93.6 Å². The minimum absolute atomic E-state index is 0.867. The molecule has 0 radical (unpaired) electrons. The van der Waals surface area contributed by atoms with Gasteiger partial charge in [-0.1, -0.05) is 261 Å². The van der Waals surface area contributed by atoms with Crippen molar-refractivity contribution in [2.75, 3.05) is 0 Å².